The topological polar surface area (TPSA) is 90.0 Å². The zero-order valence-corrected chi connectivity index (χ0v) is 14.5. The molecule has 0 saturated heterocycles. The summed E-state index contributed by atoms with van der Waals surface area (Å²) < 4.78 is 19.6. The molecule has 0 bridgehead atoms. The van der Waals surface area contributed by atoms with Gasteiger partial charge in [0, 0.05) is 25.1 Å². The van der Waals surface area contributed by atoms with Crippen molar-refractivity contribution < 1.29 is 13.7 Å². The summed E-state index contributed by atoms with van der Waals surface area (Å²) in [6.45, 7) is 4.79. The molecule has 0 aliphatic heterocycles. The molecule has 0 fully saturated rings. The number of nitrogens with zero attached hydrogens (tertiary/aromatic N) is 3. The fraction of sp³-hybridized carbons (Fsp3) is 0.333. The van der Waals surface area contributed by atoms with Gasteiger partial charge in [-0.05, 0) is 30.2 Å². The Kier molecular flexibility index (Phi) is 5.11. The van der Waals surface area contributed by atoms with Crippen LogP contribution in [0.4, 0.5) is 4.39 Å². The molecule has 1 N–H and O–H groups in total. The molecule has 1 aromatic carbocycles. The second-order valence-electron chi connectivity index (χ2n) is 6.41. The van der Waals surface area contributed by atoms with Crippen molar-refractivity contribution in [2.45, 2.75) is 26.8 Å². The van der Waals surface area contributed by atoms with E-state index in [1.807, 2.05) is 13.8 Å². The highest BCUT2D eigenvalue weighted by atomic mass is 19.1. The number of aryl methyl sites for hydroxylation is 1. The summed E-state index contributed by atoms with van der Waals surface area (Å²) >= 11 is 0. The molecule has 3 aromatic rings. The highest BCUT2D eigenvalue weighted by Gasteiger charge is 2.17. The van der Waals surface area contributed by atoms with Crippen molar-refractivity contribution in [1.29, 1.82) is 0 Å². The molecule has 0 radical (unpaired) electrons. The van der Waals surface area contributed by atoms with Crippen molar-refractivity contribution in [2.24, 2.45) is 5.92 Å². The van der Waals surface area contributed by atoms with E-state index < -0.39 is 0 Å². The maximum atomic E-state index is 13.1. The third-order valence-electron chi connectivity index (χ3n) is 3.87. The van der Waals surface area contributed by atoms with E-state index in [4.69, 9.17) is 4.52 Å². The Hall–Kier alpha value is -3.03. The third-order valence-corrected chi connectivity index (χ3v) is 3.87. The number of amides is 1. The van der Waals surface area contributed by atoms with E-state index in [1.54, 1.807) is 0 Å². The van der Waals surface area contributed by atoms with Crippen molar-refractivity contribution in [3.63, 3.8) is 0 Å². The summed E-state index contributed by atoms with van der Waals surface area (Å²) in [5, 5.41) is 6.90. The molecule has 3 rings (SSSR count). The number of rotatable bonds is 6. The second-order valence-corrected chi connectivity index (χ2v) is 6.41. The van der Waals surface area contributed by atoms with Gasteiger partial charge in [-0.1, -0.05) is 19.0 Å². The molecule has 0 spiro atoms. The van der Waals surface area contributed by atoms with Crippen LogP contribution in [-0.2, 0) is 11.3 Å². The summed E-state index contributed by atoms with van der Waals surface area (Å²) in [5.41, 5.74) is 0.606. The number of fused-ring (bicyclic) bond motifs is 1. The monoisotopic (exact) mass is 358 g/mol. The van der Waals surface area contributed by atoms with Crippen LogP contribution in [0.15, 0.2) is 39.9 Å². The molecule has 7 nitrogen and oxygen atoms in total. The first-order valence-electron chi connectivity index (χ1n) is 8.33. The lowest BCUT2D eigenvalue weighted by Crippen LogP contribution is -2.30. The molecule has 2 aromatic heterocycles. The highest BCUT2D eigenvalue weighted by molar-refractivity contribution is 5.88. The molecule has 8 heteroatoms. The van der Waals surface area contributed by atoms with Gasteiger partial charge >= 0.3 is 0 Å². The Balaban J connectivity index is 1.86. The van der Waals surface area contributed by atoms with Gasteiger partial charge in [0.2, 0.25) is 5.91 Å². The van der Waals surface area contributed by atoms with E-state index in [9.17, 15) is 14.0 Å². The molecule has 0 atom stereocenters. The van der Waals surface area contributed by atoms with Gasteiger partial charge in [0.15, 0.2) is 0 Å². The predicted molar refractivity (Wildman–Crippen MR) is 93.9 cm³/mol. The Morgan fingerprint density at radius 2 is 2.04 bits per heavy atom. The minimum atomic E-state index is -0.385. The number of benzene rings is 1. The largest absolute Gasteiger partial charge is 0.356 e. The van der Waals surface area contributed by atoms with Crippen molar-refractivity contribution in [3.8, 4) is 11.3 Å². The molecule has 26 heavy (non-hydrogen) atoms. The molecular formula is C18H19FN4O3. The van der Waals surface area contributed by atoms with Crippen LogP contribution in [-0.4, -0.2) is 27.2 Å². The van der Waals surface area contributed by atoms with E-state index in [1.165, 1.54) is 35.2 Å². The van der Waals surface area contributed by atoms with Crippen LogP contribution in [0.3, 0.4) is 0 Å². The van der Waals surface area contributed by atoms with Gasteiger partial charge in [-0.2, -0.15) is 0 Å². The summed E-state index contributed by atoms with van der Waals surface area (Å²) in [7, 11) is 0. The van der Waals surface area contributed by atoms with Crippen LogP contribution in [0.25, 0.3) is 22.4 Å². The molecule has 1 amide bonds. The zero-order chi connectivity index (χ0) is 18.7. The predicted octanol–water partition coefficient (Wildman–Crippen LogP) is 2.35. The number of carbonyl (C=O) groups excluding carboxylic acids is 1. The minimum Gasteiger partial charge on any atom is -0.356 e. The third kappa shape index (κ3) is 3.79. The van der Waals surface area contributed by atoms with Gasteiger partial charge in [0.1, 0.15) is 23.2 Å². The standard InChI is InChI=1S/C18H19FN4O3/c1-11(2)9-20-14(24)7-8-23-10-21-17-15(18(23)25)16(22-26-17)12-3-5-13(19)6-4-12/h3-6,10-11H,7-9H2,1-2H3,(H,20,24). The van der Waals surface area contributed by atoms with Crippen LogP contribution < -0.4 is 10.9 Å². The normalized spacial score (nSPS) is 11.2. The van der Waals surface area contributed by atoms with Crippen LogP contribution in [0, 0.1) is 11.7 Å². The van der Waals surface area contributed by atoms with Crippen molar-refractivity contribution >= 4 is 17.0 Å². The molecular weight excluding hydrogens is 339 g/mol. The first-order valence-corrected chi connectivity index (χ1v) is 8.33. The lowest BCUT2D eigenvalue weighted by atomic mass is 10.1. The van der Waals surface area contributed by atoms with Gasteiger partial charge in [-0.15, -0.1) is 0 Å². The lowest BCUT2D eigenvalue weighted by molar-refractivity contribution is -0.121. The summed E-state index contributed by atoms with van der Waals surface area (Å²) in [6, 6.07) is 5.60. The lowest BCUT2D eigenvalue weighted by Gasteiger charge is -2.08. The fourth-order valence-corrected chi connectivity index (χ4v) is 2.47. The quantitative estimate of drug-likeness (QED) is 0.730. The summed E-state index contributed by atoms with van der Waals surface area (Å²) in [5.74, 6) is -0.158. The zero-order valence-electron chi connectivity index (χ0n) is 14.5. The van der Waals surface area contributed by atoms with Crippen LogP contribution in [0.2, 0.25) is 0 Å². The van der Waals surface area contributed by atoms with Gasteiger partial charge in [0.25, 0.3) is 11.3 Å². The summed E-state index contributed by atoms with van der Waals surface area (Å²) in [4.78, 5) is 28.7. The van der Waals surface area contributed by atoms with E-state index >= 15 is 0 Å². The number of hydrogen-bond donors (Lipinski definition) is 1. The smallest absolute Gasteiger partial charge is 0.266 e. The maximum absolute atomic E-state index is 13.1. The van der Waals surface area contributed by atoms with Crippen LogP contribution in [0.5, 0.6) is 0 Å². The van der Waals surface area contributed by atoms with E-state index in [-0.39, 0.29) is 41.3 Å². The van der Waals surface area contributed by atoms with Crippen LogP contribution in [0.1, 0.15) is 20.3 Å². The molecule has 2 heterocycles. The number of hydrogen-bond acceptors (Lipinski definition) is 5. The first-order chi connectivity index (χ1) is 12.5. The van der Waals surface area contributed by atoms with Crippen molar-refractivity contribution in [3.05, 3.63) is 46.8 Å². The van der Waals surface area contributed by atoms with E-state index in [0.717, 1.165) is 0 Å². The van der Waals surface area contributed by atoms with Crippen molar-refractivity contribution in [1.82, 2.24) is 20.0 Å². The molecule has 0 unspecified atom stereocenters. The average molecular weight is 358 g/mol. The van der Waals surface area contributed by atoms with E-state index in [0.29, 0.717) is 23.7 Å². The van der Waals surface area contributed by atoms with Gasteiger partial charge < -0.3 is 9.84 Å². The molecule has 0 aliphatic rings. The molecule has 136 valence electrons. The first kappa shape index (κ1) is 17.8. The van der Waals surface area contributed by atoms with Gasteiger partial charge in [-0.3, -0.25) is 14.2 Å². The Morgan fingerprint density at radius 1 is 1.31 bits per heavy atom. The van der Waals surface area contributed by atoms with Crippen molar-refractivity contribution in [2.75, 3.05) is 6.54 Å². The molecule has 0 aliphatic carbocycles. The van der Waals surface area contributed by atoms with Crippen LogP contribution >= 0.6 is 0 Å². The van der Waals surface area contributed by atoms with E-state index in [2.05, 4.69) is 15.5 Å². The number of carbonyl (C=O) groups is 1. The summed E-state index contributed by atoms with van der Waals surface area (Å²) in [6.07, 6.45) is 1.50. The number of nitrogens with one attached hydrogen (secondary N) is 1. The fourth-order valence-electron chi connectivity index (χ4n) is 2.47. The highest BCUT2D eigenvalue weighted by Crippen LogP contribution is 2.24. The molecule has 0 saturated carbocycles. The average Bonchev–Trinajstić information content (AvgIpc) is 3.05. The maximum Gasteiger partial charge on any atom is 0.266 e. The second kappa shape index (κ2) is 7.47. The number of halogens is 1. The van der Waals surface area contributed by atoms with Gasteiger partial charge in [-0.25, -0.2) is 9.37 Å². The minimum absolute atomic E-state index is 0.106. The van der Waals surface area contributed by atoms with Gasteiger partial charge in [0.05, 0.1) is 0 Å². The Labute approximate surface area is 148 Å². The number of aromatic nitrogens is 3. The Morgan fingerprint density at radius 3 is 2.73 bits per heavy atom. The Bertz CT molecular complexity index is 976. The SMILES string of the molecule is CC(C)CNC(=O)CCn1cnc2onc(-c3ccc(F)cc3)c2c1=O.